The lowest BCUT2D eigenvalue weighted by molar-refractivity contribution is 0.506. The number of H-pyrrole nitrogens is 1. The van der Waals surface area contributed by atoms with Crippen LogP contribution in [0.25, 0.3) is 10.9 Å². The number of aromatic amines is 1. The number of benzene rings is 2. The van der Waals surface area contributed by atoms with Crippen LogP contribution >= 0.6 is 0 Å². The van der Waals surface area contributed by atoms with Gasteiger partial charge in [-0.2, -0.15) is 0 Å². The number of hydrogen-bond acceptors (Lipinski definition) is 2. The van der Waals surface area contributed by atoms with E-state index in [0.29, 0.717) is 6.42 Å². The zero-order chi connectivity index (χ0) is 18.1. The summed E-state index contributed by atoms with van der Waals surface area (Å²) in [6.07, 6.45) is 3.02. The number of hydrogen-bond donors (Lipinski definition) is 2. The van der Waals surface area contributed by atoms with Gasteiger partial charge in [-0.3, -0.25) is 0 Å². The molecule has 4 rings (SSSR count). The largest absolute Gasteiger partial charge is 0.358 e. The van der Waals surface area contributed by atoms with Gasteiger partial charge in [-0.25, -0.2) is 13.1 Å². The van der Waals surface area contributed by atoms with Gasteiger partial charge in [0.25, 0.3) is 0 Å². The van der Waals surface area contributed by atoms with E-state index in [-0.39, 0.29) is 11.8 Å². The van der Waals surface area contributed by atoms with Crippen LogP contribution in [-0.2, 0) is 29.3 Å². The van der Waals surface area contributed by atoms with Crippen molar-refractivity contribution in [3.8, 4) is 0 Å². The van der Waals surface area contributed by atoms with E-state index in [1.54, 1.807) is 0 Å². The van der Waals surface area contributed by atoms with Gasteiger partial charge >= 0.3 is 0 Å². The first-order valence-electron chi connectivity index (χ1n) is 9.14. The molecule has 0 bridgehead atoms. The van der Waals surface area contributed by atoms with E-state index in [2.05, 4.69) is 34.8 Å². The molecule has 1 aliphatic rings. The molecule has 26 heavy (non-hydrogen) atoms. The highest BCUT2D eigenvalue weighted by Gasteiger charge is 2.25. The van der Waals surface area contributed by atoms with Crippen LogP contribution in [0.2, 0.25) is 0 Å². The number of aromatic nitrogens is 1. The fourth-order valence-corrected chi connectivity index (χ4v) is 5.17. The normalized spacial score (nSPS) is 17.3. The molecule has 136 valence electrons. The van der Waals surface area contributed by atoms with E-state index in [1.165, 1.54) is 22.2 Å². The van der Waals surface area contributed by atoms with Gasteiger partial charge in [0.15, 0.2) is 0 Å². The number of aryl methyl sites for hydroxylation is 3. The van der Waals surface area contributed by atoms with Crippen LogP contribution in [0.15, 0.2) is 48.5 Å². The predicted molar refractivity (Wildman–Crippen MR) is 106 cm³/mol. The van der Waals surface area contributed by atoms with Crippen molar-refractivity contribution >= 4 is 20.9 Å². The highest BCUT2D eigenvalue weighted by atomic mass is 32.2. The molecule has 3 aromatic rings. The summed E-state index contributed by atoms with van der Waals surface area (Å²) in [4.78, 5) is 3.50. The van der Waals surface area contributed by atoms with Crippen molar-refractivity contribution in [3.63, 3.8) is 0 Å². The smallest absolute Gasteiger partial charge is 0.212 e. The van der Waals surface area contributed by atoms with Crippen molar-refractivity contribution in [2.45, 2.75) is 38.6 Å². The van der Waals surface area contributed by atoms with Gasteiger partial charge < -0.3 is 4.98 Å². The van der Waals surface area contributed by atoms with Gasteiger partial charge in [-0.15, -0.1) is 0 Å². The molecule has 2 aromatic carbocycles. The van der Waals surface area contributed by atoms with Gasteiger partial charge in [0.2, 0.25) is 10.0 Å². The third-order valence-electron chi connectivity index (χ3n) is 5.19. The molecule has 2 N–H and O–H groups in total. The Bertz CT molecular complexity index is 1020. The first-order chi connectivity index (χ1) is 12.5. The molecular formula is C21H24N2O2S. The van der Waals surface area contributed by atoms with Gasteiger partial charge in [0.05, 0.1) is 5.75 Å². The molecule has 1 aromatic heterocycles. The molecule has 0 fully saturated rings. The minimum Gasteiger partial charge on any atom is -0.358 e. The van der Waals surface area contributed by atoms with Gasteiger partial charge in [-0.05, 0) is 55.9 Å². The van der Waals surface area contributed by atoms with Crippen molar-refractivity contribution in [1.29, 1.82) is 0 Å². The van der Waals surface area contributed by atoms with Crippen LogP contribution in [0, 0.1) is 6.92 Å². The lowest BCUT2D eigenvalue weighted by atomic mass is 9.92. The molecular weight excluding hydrogens is 344 g/mol. The van der Waals surface area contributed by atoms with Crippen LogP contribution < -0.4 is 4.72 Å². The highest BCUT2D eigenvalue weighted by Crippen LogP contribution is 2.30. The molecule has 1 aliphatic carbocycles. The number of nitrogens with one attached hydrogen (secondary N) is 2. The number of fused-ring (bicyclic) bond motifs is 3. The Kier molecular flexibility index (Phi) is 4.59. The van der Waals surface area contributed by atoms with Gasteiger partial charge in [0.1, 0.15) is 0 Å². The van der Waals surface area contributed by atoms with Gasteiger partial charge in [0, 0.05) is 22.6 Å². The zero-order valence-electron chi connectivity index (χ0n) is 15.0. The molecule has 5 heteroatoms. The SMILES string of the molecule is Cc1ccc2[nH]c3c(c2c1)CC(NS(=O)(=O)CCc1ccccc1)CC3. The second kappa shape index (κ2) is 6.89. The summed E-state index contributed by atoms with van der Waals surface area (Å²) in [7, 11) is -3.29. The maximum absolute atomic E-state index is 12.5. The molecule has 0 aliphatic heterocycles. The van der Waals surface area contributed by atoms with E-state index in [9.17, 15) is 8.42 Å². The Morgan fingerprint density at radius 2 is 1.96 bits per heavy atom. The minimum atomic E-state index is -3.29. The molecule has 0 amide bonds. The Morgan fingerprint density at radius 1 is 1.15 bits per heavy atom. The molecule has 0 radical (unpaired) electrons. The van der Waals surface area contributed by atoms with Crippen molar-refractivity contribution in [3.05, 3.63) is 70.9 Å². The Hall–Kier alpha value is -2.11. The van der Waals surface area contributed by atoms with E-state index in [4.69, 9.17) is 0 Å². The minimum absolute atomic E-state index is 0.0252. The fraction of sp³-hybridized carbons (Fsp3) is 0.333. The fourth-order valence-electron chi connectivity index (χ4n) is 3.84. The van der Waals surface area contributed by atoms with Crippen molar-refractivity contribution in [1.82, 2.24) is 9.71 Å². The average molecular weight is 369 g/mol. The number of rotatable bonds is 5. The molecule has 1 atom stereocenters. The van der Waals surface area contributed by atoms with Crippen LogP contribution in [0.1, 0.15) is 28.8 Å². The summed E-state index contributed by atoms with van der Waals surface area (Å²) in [6.45, 7) is 2.09. The molecule has 0 spiro atoms. The quantitative estimate of drug-likeness (QED) is 0.724. The summed E-state index contributed by atoms with van der Waals surface area (Å²) in [6, 6.07) is 16.1. The van der Waals surface area contributed by atoms with Crippen molar-refractivity contribution in [2.24, 2.45) is 0 Å². The van der Waals surface area contributed by atoms with Crippen molar-refractivity contribution in [2.75, 3.05) is 5.75 Å². The molecule has 0 saturated carbocycles. The maximum atomic E-state index is 12.5. The predicted octanol–water partition coefficient (Wildman–Crippen LogP) is 3.50. The second-order valence-corrected chi connectivity index (χ2v) is 9.12. The average Bonchev–Trinajstić information content (AvgIpc) is 2.98. The van der Waals surface area contributed by atoms with Crippen LogP contribution in [0.3, 0.4) is 0 Å². The third-order valence-corrected chi connectivity index (χ3v) is 6.63. The molecule has 1 heterocycles. The second-order valence-electron chi connectivity index (χ2n) is 7.24. The molecule has 1 unspecified atom stereocenters. The van der Waals surface area contributed by atoms with Crippen LogP contribution in [0.4, 0.5) is 0 Å². The zero-order valence-corrected chi connectivity index (χ0v) is 15.8. The molecule has 4 nitrogen and oxygen atoms in total. The summed E-state index contributed by atoms with van der Waals surface area (Å²) in [5.74, 6) is 0.132. The first-order valence-corrected chi connectivity index (χ1v) is 10.8. The van der Waals surface area contributed by atoms with Gasteiger partial charge in [-0.1, -0.05) is 42.0 Å². The lowest BCUT2D eigenvalue weighted by Gasteiger charge is -2.23. The van der Waals surface area contributed by atoms with E-state index in [1.807, 2.05) is 30.3 Å². The van der Waals surface area contributed by atoms with E-state index in [0.717, 1.165) is 30.3 Å². The Balaban J connectivity index is 1.46. The third kappa shape index (κ3) is 3.69. The van der Waals surface area contributed by atoms with Crippen LogP contribution in [0.5, 0.6) is 0 Å². The number of sulfonamides is 1. The highest BCUT2D eigenvalue weighted by molar-refractivity contribution is 7.89. The Labute approximate surface area is 154 Å². The maximum Gasteiger partial charge on any atom is 0.212 e. The van der Waals surface area contributed by atoms with E-state index >= 15 is 0 Å². The monoisotopic (exact) mass is 368 g/mol. The van der Waals surface area contributed by atoms with E-state index < -0.39 is 10.0 Å². The lowest BCUT2D eigenvalue weighted by Crippen LogP contribution is -2.40. The Morgan fingerprint density at radius 3 is 2.77 bits per heavy atom. The summed E-state index contributed by atoms with van der Waals surface area (Å²) in [5.41, 5.74) is 5.95. The summed E-state index contributed by atoms with van der Waals surface area (Å²) in [5, 5.41) is 1.23. The summed E-state index contributed by atoms with van der Waals surface area (Å²) >= 11 is 0. The first kappa shape index (κ1) is 17.3. The topological polar surface area (TPSA) is 62.0 Å². The van der Waals surface area contributed by atoms with Crippen molar-refractivity contribution < 1.29 is 8.42 Å². The summed E-state index contributed by atoms with van der Waals surface area (Å²) < 4.78 is 28.0. The molecule has 0 saturated heterocycles. The van der Waals surface area contributed by atoms with Crippen LogP contribution in [-0.4, -0.2) is 25.2 Å². The standard InChI is InChI=1S/C21H24N2O2S/c1-15-7-9-20-18(13-15)19-14-17(8-10-21(19)22-20)23-26(24,25)12-11-16-5-3-2-4-6-16/h2-7,9,13,17,22-23H,8,10-12,14H2,1H3.